The van der Waals surface area contributed by atoms with E-state index in [1.807, 2.05) is 38.1 Å². The van der Waals surface area contributed by atoms with E-state index in [1.165, 1.54) is 6.92 Å². The van der Waals surface area contributed by atoms with E-state index >= 15 is 0 Å². The Bertz CT molecular complexity index is 852. The Morgan fingerprint density at radius 3 is 2.15 bits per heavy atom. The fourth-order valence-corrected chi connectivity index (χ4v) is 3.23. The second-order valence-electron chi connectivity index (χ2n) is 6.76. The third-order valence-corrected chi connectivity index (χ3v) is 4.57. The lowest BCUT2D eigenvalue weighted by Crippen LogP contribution is -2.52. The van der Waals surface area contributed by atoms with Gasteiger partial charge in [-0.2, -0.15) is 0 Å². The Hall–Kier alpha value is -2.57. The van der Waals surface area contributed by atoms with Crippen LogP contribution in [0.1, 0.15) is 46.5 Å². The molecule has 0 aliphatic heterocycles. The molecule has 7 heteroatoms. The largest absolute Gasteiger partial charge is 0.480 e. The highest BCUT2D eigenvalue weighted by atomic mass is 16.4. The van der Waals surface area contributed by atoms with Gasteiger partial charge < -0.3 is 10.4 Å². The molecule has 2 aromatic rings. The number of carboxylic acids is 1. The van der Waals surface area contributed by atoms with E-state index in [-0.39, 0.29) is 24.6 Å². The second-order valence-corrected chi connectivity index (χ2v) is 6.76. The molecule has 0 fully saturated rings. The summed E-state index contributed by atoms with van der Waals surface area (Å²) in [6, 6.07) is 7.50. The molecule has 1 unspecified atom stereocenters. The number of benzene rings is 1. The smallest absolute Gasteiger partial charge is 0.329 e. The minimum atomic E-state index is -1.28. The summed E-state index contributed by atoms with van der Waals surface area (Å²) in [5, 5.41) is 12.0. The normalized spacial score (nSPS) is 13.5. The molecule has 0 saturated carbocycles. The number of imidazole rings is 1. The Kier molecular flexibility index (Phi) is 6.23. The zero-order valence-corrected chi connectivity index (χ0v) is 15.6. The molecule has 0 aliphatic rings. The average Bonchev–Trinajstić information content (AvgIpc) is 2.85. The van der Waals surface area contributed by atoms with Crippen LogP contribution >= 0.6 is 0 Å². The van der Waals surface area contributed by atoms with Crippen molar-refractivity contribution in [2.24, 2.45) is 0 Å². The Balaban J connectivity index is 2.19. The predicted octanol–water partition coefficient (Wildman–Crippen LogP) is 2.36. The van der Waals surface area contributed by atoms with Gasteiger partial charge in [0.2, 0.25) is 5.91 Å². The molecule has 0 spiro atoms. The van der Waals surface area contributed by atoms with Crippen LogP contribution in [-0.4, -0.2) is 31.7 Å². The maximum atomic E-state index is 12.7. The van der Waals surface area contributed by atoms with Crippen molar-refractivity contribution < 1.29 is 14.7 Å². The minimum Gasteiger partial charge on any atom is -0.480 e. The minimum absolute atomic E-state index is 0.0482. The number of aliphatic carboxylic acids is 1. The Morgan fingerprint density at radius 1 is 1.08 bits per heavy atom. The van der Waals surface area contributed by atoms with Crippen LogP contribution in [0.2, 0.25) is 0 Å². The molecule has 2 rings (SSSR count). The van der Waals surface area contributed by atoms with Gasteiger partial charge >= 0.3 is 11.7 Å². The molecule has 1 aromatic carbocycles. The van der Waals surface area contributed by atoms with Crippen LogP contribution in [-0.2, 0) is 22.7 Å². The summed E-state index contributed by atoms with van der Waals surface area (Å²) in [7, 11) is 0. The monoisotopic (exact) mass is 361 g/mol. The van der Waals surface area contributed by atoms with E-state index in [1.54, 1.807) is 9.13 Å². The third-order valence-electron chi connectivity index (χ3n) is 4.57. The topological polar surface area (TPSA) is 93.3 Å². The summed E-state index contributed by atoms with van der Waals surface area (Å²) >= 11 is 0. The maximum absolute atomic E-state index is 12.7. The first kappa shape index (κ1) is 19.8. The lowest BCUT2D eigenvalue weighted by Gasteiger charge is -2.25. The molecule has 26 heavy (non-hydrogen) atoms. The van der Waals surface area contributed by atoms with Crippen molar-refractivity contribution in [1.29, 1.82) is 0 Å². The Labute approximate surface area is 152 Å². The lowest BCUT2D eigenvalue weighted by atomic mass is 9.96. The lowest BCUT2D eigenvalue weighted by molar-refractivity contribution is -0.147. The van der Waals surface area contributed by atoms with Gasteiger partial charge in [-0.3, -0.25) is 13.9 Å². The summed E-state index contributed by atoms with van der Waals surface area (Å²) in [5.74, 6) is -1.42. The van der Waals surface area contributed by atoms with Crippen LogP contribution in [0.3, 0.4) is 0 Å². The van der Waals surface area contributed by atoms with Crippen molar-refractivity contribution in [3.8, 4) is 0 Å². The van der Waals surface area contributed by atoms with Crippen molar-refractivity contribution in [1.82, 2.24) is 14.5 Å². The molecule has 7 nitrogen and oxygen atoms in total. The van der Waals surface area contributed by atoms with E-state index in [0.29, 0.717) is 19.4 Å². The average molecular weight is 361 g/mol. The first-order chi connectivity index (χ1) is 12.3. The number of hydrogen-bond acceptors (Lipinski definition) is 3. The molecule has 0 saturated heterocycles. The standard InChI is InChI=1S/C19H27N3O4/c1-4-11-19(3,17(24)25)20-16(23)10-13-22-15-9-7-6-8-14(15)21(12-5-2)18(22)26/h6-9H,4-5,10-13H2,1-3H3,(H,20,23)(H,24,25). The van der Waals surface area contributed by atoms with Crippen molar-refractivity contribution in [2.75, 3.05) is 0 Å². The number of amides is 1. The van der Waals surface area contributed by atoms with Gasteiger partial charge in [-0.05, 0) is 31.9 Å². The van der Waals surface area contributed by atoms with Gasteiger partial charge in [-0.1, -0.05) is 32.4 Å². The van der Waals surface area contributed by atoms with Gasteiger partial charge in [0, 0.05) is 19.5 Å². The summed E-state index contributed by atoms with van der Waals surface area (Å²) in [6.07, 6.45) is 1.88. The molecule has 0 radical (unpaired) electrons. The quantitative estimate of drug-likeness (QED) is 0.717. The molecular formula is C19H27N3O4. The number of aromatic nitrogens is 2. The number of para-hydroxylation sites is 2. The number of nitrogens with zero attached hydrogens (tertiary/aromatic N) is 2. The van der Waals surface area contributed by atoms with Gasteiger partial charge in [-0.25, -0.2) is 9.59 Å². The number of fused-ring (bicyclic) bond motifs is 1. The van der Waals surface area contributed by atoms with Crippen LogP contribution in [0, 0.1) is 0 Å². The van der Waals surface area contributed by atoms with E-state index in [4.69, 9.17) is 0 Å². The van der Waals surface area contributed by atoms with Gasteiger partial charge in [0.1, 0.15) is 5.54 Å². The van der Waals surface area contributed by atoms with Crippen LogP contribution in [0.4, 0.5) is 0 Å². The van der Waals surface area contributed by atoms with Crippen molar-refractivity contribution in [3.05, 3.63) is 34.7 Å². The van der Waals surface area contributed by atoms with Gasteiger partial charge in [-0.15, -0.1) is 0 Å². The molecule has 142 valence electrons. The number of carboxylic acid groups (broad SMARTS) is 1. The number of aryl methyl sites for hydroxylation is 2. The second kappa shape index (κ2) is 8.21. The molecule has 1 heterocycles. The predicted molar refractivity (Wildman–Crippen MR) is 100 cm³/mol. The van der Waals surface area contributed by atoms with Crippen molar-refractivity contribution in [3.63, 3.8) is 0 Å². The number of hydrogen-bond donors (Lipinski definition) is 2. The van der Waals surface area contributed by atoms with E-state index in [9.17, 15) is 19.5 Å². The molecular weight excluding hydrogens is 334 g/mol. The fraction of sp³-hybridized carbons (Fsp3) is 0.526. The van der Waals surface area contributed by atoms with E-state index in [0.717, 1.165) is 17.5 Å². The van der Waals surface area contributed by atoms with Crippen LogP contribution < -0.4 is 11.0 Å². The fourth-order valence-electron chi connectivity index (χ4n) is 3.23. The number of carbonyl (C=O) groups excluding carboxylic acids is 1. The molecule has 1 atom stereocenters. The highest BCUT2D eigenvalue weighted by molar-refractivity contribution is 5.86. The van der Waals surface area contributed by atoms with Crippen molar-refractivity contribution >= 4 is 22.9 Å². The Morgan fingerprint density at radius 2 is 1.65 bits per heavy atom. The maximum Gasteiger partial charge on any atom is 0.329 e. The summed E-state index contributed by atoms with van der Waals surface area (Å²) in [4.78, 5) is 36.4. The molecule has 2 N–H and O–H groups in total. The third kappa shape index (κ3) is 3.98. The van der Waals surface area contributed by atoms with Crippen LogP contribution in [0.15, 0.2) is 29.1 Å². The summed E-state index contributed by atoms with van der Waals surface area (Å²) in [5.41, 5.74) is 0.206. The van der Waals surface area contributed by atoms with Gasteiger partial charge in [0.05, 0.1) is 11.0 Å². The van der Waals surface area contributed by atoms with Crippen molar-refractivity contribution in [2.45, 2.75) is 65.1 Å². The van der Waals surface area contributed by atoms with Crippen LogP contribution in [0.5, 0.6) is 0 Å². The highest BCUT2D eigenvalue weighted by Gasteiger charge is 2.33. The van der Waals surface area contributed by atoms with Crippen LogP contribution in [0.25, 0.3) is 11.0 Å². The first-order valence-corrected chi connectivity index (χ1v) is 9.06. The van der Waals surface area contributed by atoms with Gasteiger partial charge in [0.15, 0.2) is 0 Å². The van der Waals surface area contributed by atoms with E-state index < -0.39 is 11.5 Å². The van der Waals surface area contributed by atoms with E-state index in [2.05, 4.69) is 5.32 Å². The zero-order valence-electron chi connectivity index (χ0n) is 15.6. The molecule has 1 aromatic heterocycles. The summed E-state index contributed by atoms with van der Waals surface area (Å²) in [6.45, 7) is 6.22. The highest BCUT2D eigenvalue weighted by Crippen LogP contribution is 2.15. The first-order valence-electron chi connectivity index (χ1n) is 9.06. The SMILES string of the molecule is CCCn1c(=O)n(CCC(=O)NC(C)(CCC)C(=O)O)c2ccccc21. The van der Waals surface area contributed by atoms with Gasteiger partial charge in [0.25, 0.3) is 0 Å². The number of carbonyl (C=O) groups is 2. The number of rotatable bonds is 9. The molecule has 0 bridgehead atoms. The number of nitrogens with one attached hydrogen (secondary N) is 1. The molecule has 1 amide bonds. The summed E-state index contributed by atoms with van der Waals surface area (Å²) < 4.78 is 3.30. The zero-order chi connectivity index (χ0) is 19.3. The molecule has 0 aliphatic carbocycles.